The molecule has 1 unspecified atom stereocenters. The lowest BCUT2D eigenvalue weighted by molar-refractivity contribution is -0.125. The van der Waals surface area contributed by atoms with Gasteiger partial charge in [-0.3, -0.25) is 4.79 Å². The molecule has 1 aliphatic heterocycles. The Balaban J connectivity index is 2.27. The van der Waals surface area contributed by atoms with E-state index in [-0.39, 0.29) is 17.2 Å². The van der Waals surface area contributed by atoms with Gasteiger partial charge in [-0.1, -0.05) is 13.8 Å². The summed E-state index contributed by atoms with van der Waals surface area (Å²) in [7, 11) is 0. The third-order valence-electron chi connectivity index (χ3n) is 2.59. The molecule has 3 N–H and O–H groups in total. The predicted octanol–water partition coefficient (Wildman–Crippen LogP) is 0.124. The second kappa shape index (κ2) is 4.75. The van der Waals surface area contributed by atoms with E-state index < -0.39 is 0 Å². The molecule has 0 radical (unpaired) electrons. The molecule has 0 aliphatic carbocycles. The number of hydrogen-bond acceptors (Lipinski definition) is 3. The van der Waals surface area contributed by atoms with Crippen molar-refractivity contribution >= 4 is 5.91 Å². The van der Waals surface area contributed by atoms with Gasteiger partial charge in [-0.15, -0.1) is 0 Å². The van der Waals surface area contributed by atoms with E-state index in [9.17, 15) is 4.79 Å². The molecule has 0 aromatic carbocycles. The van der Waals surface area contributed by atoms with Crippen LogP contribution in [0.5, 0.6) is 0 Å². The van der Waals surface area contributed by atoms with Crippen molar-refractivity contribution in [2.75, 3.05) is 26.3 Å². The molecule has 1 amide bonds. The van der Waals surface area contributed by atoms with Crippen molar-refractivity contribution in [3.63, 3.8) is 0 Å². The maximum Gasteiger partial charge on any atom is 0.225 e. The highest BCUT2D eigenvalue weighted by atomic mass is 16.5. The minimum Gasteiger partial charge on any atom is -0.381 e. The number of hydrogen-bond donors (Lipinski definition) is 2. The van der Waals surface area contributed by atoms with Crippen LogP contribution >= 0.6 is 0 Å². The summed E-state index contributed by atoms with van der Waals surface area (Å²) in [6.07, 6.45) is 0.842. The topological polar surface area (TPSA) is 64.3 Å². The van der Waals surface area contributed by atoms with Gasteiger partial charge in [0.2, 0.25) is 5.91 Å². The molecule has 0 spiro atoms. The number of amides is 1. The first-order chi connectivity index (χ1) is 6.55. The van der Waals surface area contributed by atoms with Crippen LogP contribution in [0.4, 0.5) is 0 Å². The Bertz CT molecular complexity index is 198. The van der Waals surface area contributed by atoms with E-state index in [2.05, 4.69) is 5.32 Å². The Morgan fingerprint density at radius 1 is 1.64 bits per heavy atom. The SMILES string of the molecule is CC(C)(CN)CNC(=O)C1CCOC1. The highest BCUT2D eigenvalue weighted by Gasteiger charge is 2.25. The van der Waals surface area contributed by atoms with Crippen molar-refractivity contribution in [3.05, 3.63) is 0 Å². The molecule has 1 saturated heterocycles. The molecule has 0 saturated carbocycles. The molecule has 4 heteroatoms. The summed E-state index contributed by atoms with van der Waals surface area (Å²) in [5, 5.41) is 2.92. The van der Waals surface area contributed by atoms with Gasteiger partial charge in [-0.05, 0) is 18.4 Å². The van der Waals surface area contributed by atoms with Crippen molar-refractivity contribution in [2.45, 2.75) is 20.3 Å². The van der Waals surface area contributed by atoms with E-state index in [4.69, 9.17) is 10.5 Å². The third-order valence-corrected chi connectivity index (χ3v) is 2.59. The fourth-order valence-corrected chi connectivity index (χ4v) is 1.28. The van der Waals surface area contributed by atoms with E-state index in [0.29, 0.717) is 26.3 Å². The number of rotatable bonds is 4. The molecule has 1 aliphatic rings. The zero-order chi connectivity index (χ0) is 10.6. The van der Waals surface area contributed by atoms with Gasteiger partial charge in [0.1, 0.15) is 0 Å². The molecule has 0 aromatic heterocycles. The average molecular weight is 200 g/mol. The maximum absolute atomic E-state index is 11.6. The van der Waals surface area contributed by atoms with Gasteiger partial charge in [0, 0.05) is 13.2 Å². The fraction of sp³-hybridized carbons (Fsp3) is 0.900. The van der Waals surface area contributed by atoms with Gasteiger partial charge < -0.3 is 15.8 Å². The van der Waals surface area contributed by atoms with Crippen molar-refractivity contribution in [1.82, 2.24) is 5.32 Å². The van der Waals surface area contributed by atoms with Crippen LogP contribution in [0.3, 0.4) is 0 Å². The summed E-state index contributed by atoms with van der Waals surface area (Å²) in [4.78, 5) is 11.6. The summed E-state index contributed by atoms with van der Waals surface area (Å²) in [5.74, 6) is 0.146. The quantitative estimate of drug-likeness (QED) is 0.677. The second-order valence-corrected chi connectivity index (χ2v) is 4.65. The van der Waals surface area contributed by atoms with E-state index in [1.54, 1.807) is 0 Å². The summed E-state index contributed by atoms with van der Waals surface area (Å²) in [5.41, 5.74) is 5.55. The number of carbonyl (C=O) groups is 1. The molecule has 0 aromatic rings. The minimum absolute atomic E-state index is 0.0187. The second-order valence-electron chi connectivity index (χ2n) is 4.65. The normalized spacial score (nSPS) is 22.4. The van der Waals surface area contributed by atoms with Crippen LogP contribution in [0.15, 0.2) is 0 Å². The smallest absolute Gasteiger partial charge is 0.225 e. The molecular formula is C10H20N2O2. The number of carbonyl (C=O) groups excluding carboxylic acids is 1. The lowest BCUT2D eigenvalue weighted by Gasteiger charge is -2.23. The third kappa shape index (κ3) is 3.27. The molecular weight excluding hydrogens is 180 g/mol. The summed E-state index contributed by atoms with van der Waals surface area (Å²) in [6, 6.07) is 0. The number of ether oxygens (including phenoxy) is 1. The van der Waals surface area contributed by atoms with Crippen LogP contribution < -0.4 is 11.1 Å². The molecule has 4 nitrogen and oxygen atoms in total. The zero-order valence-electron chi connectivity index (χ0n) is 9.01. The van der Waals surface area contributed by atoms with Gasteiger partial charge >= 0.3 is 0 Å². The van der Waals surface area contributed by atoms with E-state index in [0.717, 1.165) is 6.42 Å². The monoisotopic (exact) mass is 200 g/mol. The number of nitrogens with one attached hydrogen (secondary N) is 1. The van der Waals surface area contributed by atoms with Gasteiger partial charge in [0.25, 0.3) is 0 Å². The summed E-state index contributed by atoms with van der Waals surface area (Å²) in [6.45, 7) is 6.57. The molecule has 1 atom stereocenters. The molecule has 0 bridgehead atoms. The van der Waals surface area contributed by atoms with Crippen molar-refractivity contribution < 1.29 is 9.53 Å². The Morgan fingerprint density at radius 2 is 2.36 bits per heavy atom. The minimum atomic E-state index is -0.0187. The zero-order valence-corrected chi connectivity index (χ0v) is 9.01. The molecule has 1 heterocycles. The van der Waals surface area contributed by atoms with Crippen molar-refractivity contribution in [1.29, 1.82) is 0 Å². The van der Waals surface area contributed by atoms with Crippen LogP contribution in [0.2, 0.25) is 0 Å². The lowest BCUT2D eigenvalue weighted by Crippen LogP contribution is -2.41. The first-order valence-corrected chi connectivity index (χ1v) is 5.11. The van der Waals surface area contributed by atoms with Gasteiger partial charge in [-0.25, -0.2) is 0 Å². The van der Waals surface area contributed by atoms with Crippen LogP contribution in [-0.2, 0) is 9.53 Å². The van der Waals surface area contributed by atoms with Gasteiger partial charge in [-0.2, -0.15) is 0 Å². The Kier molecular flexibility index (Phi) is 3.89. The molecule has 14 heavy (non-hydrogen) atoms. The van der Waals surface area contributed by atoms with Crippen LogP contribution in [-0.4, -0.2) is 32.2 Å². The van der Waals surface area contributed by atoms with Gasteiger partial charge in [0.15, 0.2) is 0 Å². The van der Waals surface area contributed by atoms with E-state index in [1.165, 1.54) is 0 Å². The fourth-order valence-electron chi connectivity index (χ4n) is 1.28. The van der Waals surface area contributed by atoms with E-state index in [1.807, 2.05) is 13.8 Å². The molecule has 1 fully saturated rings. The predicted molar refractivity (Wildman–Crippen MR) is 54.8 cm³/mol. The van der Waals surface area contributed by atoms with Crippen molar-refractivity contribution in [3.8, 4) is 0 Å². The largest absolute Gasteiger partial charge is 0.381 e. The first kappa shape index (κ1) is 11.5. The highest BCUT2D eigenvalue weighted by molar-refractivity contribution is 5.79. The maximum atomic E-state index is 11.6. The lowest BCUT2D eigenvalue weighted by atomic mass is 9.93. The van der Waals surface area contributed by atoms with Gasteiger partial charge in [0.05, 0.1) is 12.5 Å². The Hall–Kier alpha value is -0.610. The highest BCUT2D eigenvalue weighted by Crippen LogP contribution is 2.14. The number of nitrogens with two attached hydrogens (primary N) is 1. The summed E-state index contributed by atoms with van der Waals surface area (Å²) >= 11 is 0. The van der Waals surface area contributed by atoms with Crippen LogP contribution in [0, 0.1) is 11.3 Å². The van der Waals surface area contributed by atoms with Crippen molar-refractivity contribution in [2.24, 2.45) is 17.1 Å². The van der Waals surface area contributed by atoms with Crippen LogP contribution in [0.25, 0.3) is 0 Å². The molecule has 1 rings (SSSR count). The Labute approximate surface area is 85.2 Å². The Morgan fingerprint density at radius 3 is 2.86 bits per heavy atom. The van der Waals surface area contributed by atoms with Crippen LogP contribution in [0.1, 0.15) is 20.3 Å². The summed E-state index contributed by atoms with van der Waals surface area (Å²) < 4.78 is 5.15. The van der Waals surface area contributed by atoms with E-state index >= 15 is 0 Å². The molecule has 82 valence electrons. The first-order valence-electron chi connectivity index (χ1n) is 5.11. The standard InChI is InChI=1S/C10H20N2O2/c1-10(2,6-11)7-12-9(13)8-3-4-14-5-8/h8H,3-7,11H2,1-2H3,(H,12,13). The average Bonchev–Trinajstić information content (AvgIpc) is 2.67.